The molecule has 1 heteroatoms. The minimum absolute atomic E-state index is 0. The number of benzene rings is 6. The molecule has 6 aromatic rings. The zero-order chi connectivity index (χ0) is 18.5. The van der Waals surface area contributed by atoms with E-state index in [-0.39, 0.29) is 32.7 Å². The Bertz CT molecular complexity index is 1510. The molecule has 0 aliphatic carbocycles. The van der Waals surface area contributed by atoms with Crippen LogP contribution in [0.4, 0.5) is 0 Å². The van der Waals surface area contributed by atoms with Crippen LogP contribution in [0.1, 0.15) is 0 Å². The summed E-state index contributed by atoms with van der Waals surface area (Å²) in [5.74, 6) is 0. The zero-order valence-electron chi connectivity index (χ0n) is 15.8. The summed E-state index contributed by atoms with van der Waals surface area (Å²) < 4.78 is 0. The molecule has 29 heavy (non-hydrogen) atoms. The van der Waals surface area contributed by atoms with E-state index in [2.05, 4.69) is 103 Å². The third-order valence-electron chi connectivity index (χ3n) is 5.58. The van der Waals surface area contributed by atoms with Crippen molar-refractivity contribution in [3.05, 3.63) is 109 Å². The average Bonchev–Trinajstić information content (AvgIpc) is 2.75. The molecule has 0 saturated carbocycles. The Balaban J connectivity index is 0.00000181. The van der Waals surface area contributed by atoms with Gasteiger partial charge < -0.3 is 0 Å². The minimum atomic E-state index is 0. The Morgan fingerprint density at radius 2 is 1.07 bits per heavy atom. The maximum absolute atomic E-state index is 3.50. The Morgan fingerprint density at radius 3 is 1.76 bits per heavy atom. The summed E-state index contributed by atoms with van der Waals surface area (Å²) in [6.07, 6.45) is 0. The van der Waals surface area contributed by atoms with Crippen LogP contribution in [0.15, 0.2) is 97.1 Å². The zero-order valence-corrected chi connectivity index (χ0v) is 18.7. The van der Waals surface area contributed by atoms with Crippen molar-refractivity contribution in [1.82, 2.24) is 0 Å². The summed E-state index contributed by atoms with van der Waals surface area (Å²) in [4.78, 5) is 0. The topological polar surface area (TPSA) is 0 Å². The van der Waals surface area contributed by atoms with Gasteiger partial charge in [0, 0.05) is 32.7 Å². The van der Waals surface area contributed by atoms with Crippen LogP contribution in [0.2, 0.25) is 0 Å². The van der Waals surface area contributed by atoms with Crippen LogP contribution in [0.25, 0.3) is 54.2 Å². The van der Waals surface area contributed by atoms with E-state index in [1.54, 1.807) is 0 Å². The SMILES string of the molecule is [Y].[c-]1cc2cc3ccccc3cc2cc1-c1[c-]ccc2cc3ccccc3cc12. The van der Waals surface area contributed by atoms with Gasteiger partial charge in [0.15, 0.2) is 0 Å². The molecule has 0 N–H and O–H groups in total. The van der Waals surface area contributed by atoms with Gasteiger partial charge in [-0.2, -0.15) is 24.3 Å². The van der Waals surface area contributed by atoms with Crippen molar-refractivity contribution < 1.29 is 32.7 Å². The molecule has 1 radical (unpaired) electrons. The second kappa shape index (κ2) is 7.37. The molecule has 6 aromatic carbocycles. The van der Waals surface area contributed by atoms with Crippen LogP contribution < -0.4 is 0 Å². The van der Waals surface area contributed by atoms with Crippen LogP contribution in [0.5, 0.6) is 0 Å². The van der Waals surface area contributed by atoms with E-state index < -0.39 is 0 Å². The molecule has 133 valence electrons. The Hall–Kier alpha value is -2.54. The fraction of sp³-hybridized carbons (Fsp3) is 0. The van der Waals surface area contributed by atoms with E-state index in [1.807, 2.05) is 6.07 Å². The van der Waals surface area contributed by atoms with Crippen molar-refractivity contribution in [3.8, 4) is 11.1 Å². The van der Waals surface area contributed by atoms with Crippen molar-refractivity contribution in [1.29, 1.82) is 0 Å². The molecule has 0 saturated heterocycles. The molecule has 0 bridgehead atoms. The van der Waals surface area contributed by atoms with Gasteiger partial charge in [0.1, 0.15) is 0 Å². The first-order chi connectivity index (χ1) is 13.8. The second-order valence-corrected chi connectivity index (χ2v) is 7.31. The van der Waals surface area contributed by atoms with Crippen LogP contribution in [0.3, 0.4) is 0 Å². The van der Waals surface area contributed by atoms with Crippen molar-refractivity contribution in [2.75, 3.05) is 0 Å². The van der Waals surface area contributed by atoms with Gasteiger partial charge in [-0.25, -0.2) is 11.1 Å². The Morgan fingerprint density at radius 1 is 0.483 bits per heavy atom. The van der Waals surface area contributed by atoms with Crippen LogP contribution in [0, 0.1) is 12.1 Å². The molecule has 6 rings (SSSR count). The van der Waals surface area contributed by atoms with Crippen LogP contribution in [-0.4, -0.2) is 0 Å². The van der Waals surface area contributed by atoms with Gasteiger partial charge >= 0.3 is 0 Å². The maximum atomic E-state index is 3.50. The van der Waals surface area contributed by atoms with Crippen LogP contribution >= 0.6 is 0 Å². The molecule has 0 atom stereocenters. The monoisotopic (exact) mass is 441 g/mol. The molecule has 0 fully saturated rings. The summed E-state index contributed by atoms with van der Waals surface area (Å²) in [6, 6.07) is 41.5. The third kappa shape index (κ3) is 3.17. The van der Waals surface area contributed by atoms with E-state index in [9.17, 15) is 0 Å². The Labute approximate surface area is 195 Å². The molecular weight excluding hydrogens is 425 g/mol. The predicted octanol–water partition coefficient (Wildman–Crippen LogP) is 7.56. The van der Waals surface area contributed by atoms with Gasteiger partial charge in [0.25, 0.3) is 0 Å². The smallest absolute Gasteiger partial charge is 0 e. The van der Waals surface area contributed by atoms with Crippen LogP contribution in [-0.2, 0) is 32.7 Å². The van der Waals surface area contributed by atoms with Gasteiger partial charge in [0.05, 0.1) is 0 Å². The van der Waals surface area contributed by atoms with Crippen molar-refractivity contribution in [3.63, 3.8) is 0 Å². The number of fused-ring (bicyclic) bond motifs is 4. The van der Waals surface area contributed by atoms with Gasteiger partial charge in [-0.15, -0.1) is 33.7 Å². The first kappa shape index (κ1) is 18.5. The third-order valence-corrected chi connectivity index (χ3v) is 5.58. The molecule has 0 aromatic heterocycles. The number of rotatable bonds is 1. The van der Waals surface area contributed by atoms with Gasteiger partial charge in [0.2, 0.25) is 0 Å². The second-order valence-electron chi connectivity index (χ2n) is 7.31. The maximum Gasteiger partial charge on any atom is 0 e. The summed E-state index contributed by atoms with van der Waals surface area (Å²) in [5, 5.41) is 9.95. The van der Waals surface area contributed by atoms with Crippen molar-refractivity contribution >= 4 is 43.1 Å². The molecule has 0 aliphatic rings. The molecule has 0 heterocycles. The summed E-state index contributed by atoms with van der Waals surface area (Å²) >= 11 is 0. The molecule has 0 aliphatic heterocycles. The molecular formula is C28H16Y-2. The summed E-state index contributed by atoms with van der Waals surface area (Å²) in [5.41, 5.74) is 2.20. The van der Waals surface area contributed by atoms with Gasteiger partial charge in [-0.05, 0) is 21.5 Å². The standard InChI is InChI=1S/C28H16.Y/c1-2-8-21-16-26-17-25(13-12-23(26)14-19(21)6-1)27-11-5-10-24-15-20-7-3-4-9-22(20)18-28(24)27;/h1-10,12,14-18H;/q-2;. The van der Waals surface area contributed by atoms with E-state index in [1.165, 1.54) is 43.1 Å². The quantitative estimate of drug-likeness (QED) is 0.182. The molecule has 0 amide bonds. The van der Waals surface area contributed by atoms with E-state index in [0.717, 1.165) is 11.1 Å². The van der Waals surface area contributed by atoms with E-state index in [0.29, 0.717) is 0 Å². The minimum Gasteiger partial charge on any atom is -0.225 e. The fourth-order valence-electron chi connectivity index (χ4n) is 4.15. The van der Waals surface area contributed by atoms with Gasteiger partial charge in [-0.3, -0.25) is 0 Å². The van der Waals surface area contributed by atoms with E-state index >= 15 is 0 Å². The Kier molecular flexibility index (Phi) is 4.70. The summed E-state index contributed by atoms with van der Waals surface area (Å²) in [6.45, 7) is 0. The van der Waals surface area contributed by atoms with Crippen molar-refractivity contribution in [2.24, 2.45) is 0 Å². The van der Waals surface area contributed by atoms with E-state index in [4.69, 9.17) is 0 Å². The first-order valence-electron chi connectivity index (χ1n) is 9.53. The first-order valence-corrected chi connectivity index (χ1v) is 9.53. The summed E-state index contributed by atoms with van der Waals surface area (Å²) in [7, 11) is 0. The molecule has 0 unspecified atom stereocenters. The average molecular weight is 441 g/mol. The van der Waals surface area contributed by atoms with Crippen molar-refractivity contribution in [2.45, 2.75) is 0 Å². The normalized spacial score (nSPS) is 11.2. The van der Waals surface area contributed by atoms with Gasteiger partial charge in [-0.1, -0.05) is 72.8 Å². The fourth-order valence-corrected chi connectivity index (χ4v) is 4.15. The predicted molar refractivity (Wildman–Crippen MR) is 120 cm³/mol. The molecule has 0 nitrogen and oxygen atoms in total. The molecule has 0 spiro atoms. The number of hydrogen-bond donors (Lipinski definition) is 0. The largest absolute Gasteiger partial charge is 0.225 e. The number of hydrogen-bond acceptors (Lipinski definition) is 0.